The fourth-order valence-corrected chi connectivity index (χ4v) is 4.19. The van der Waals surface area contributed by atoms with Crippen LogP contribution in [0.25, 0.3) is 10.9 Å². The Morgan fingerprint density at radius 1 is 1.07 bits per heavy atom. The summed E-state index contributed by atoms with van der Waals surface area (Å²) in [6.07, 6.45) is 2.07. The van der Waals surface area contributed by atoms with Crippen LogP contribution in [0.1, 0.15) is 40.5 Å². The average Bonchev–Trinajstić information content (AvgIpc) is 3.07. The number of aryl methyl sites for hydroxylation is 1. The molecule has 0 radical (unpaired) electrons. The van der Waals surface area contributed by atoms with Gasteiger partial charge in [-0.3, -0.25) is 4.90 Å². The highest BCUT2D eigenvalue weighted by Crippen LogP contribution is 2.32. The summed E-state index contributed by atoms with van der Waals surface area (Å²) in [6, 6.07) is 19.3. The molecule has 27 heavy (non-hydrogen) atoms. The number of hydrogen-bond acceptors (Lipinski definition) is 3. The molecule has 0 amide bonds. The lowest BCUT2D eigenvalue weighted by Gasteiger charge is -2.33. The summed E-state index contributed by atoms with van der Waals surface area (Å²) in [4.78, 5) is 14.9. The normalized spacial score (nSPS) is 15.9. The van der Waals surface area contributed by atoms with Crippen molar-refractivity contribution in [2.75, 3.05) is 20.2 Å². The van der Waals surface area contributed by atoms with Crippen LogP contribution in [0.5, 0.6) is 0 Å². The van der Waals surface area contributed by atoms with Crippen molar-refractivity contribution in [1.82, 2.24) is 9.47 Å². The Kier molecular flexibility index (Phi) is 4.99. The number of rotatable bonds is 4. The molecule has 1 aromatic heterocycles. The van der Waals surface area contributed by atoms with E-state index in [9.17, 15) is 4.79 Å². The molecule has 1 aliphatic heterocycles. The van der Waals surface area contributed by atoms with E-state index in [1.165, 1.54) is 18.2 Å². The van der Waals surface area contributed by atoms with Gasteiger partial charge in [-0.1, -0.05) is 42.0 Å². The predicted octanol–water partition coefficient (Wildman–Crippen LogP) is 4.57. The minimum absolute atomic E-state index is 0.254. The van der Waals surface area contributed by atoms with E-state index in [1.807, 2.05) is 6.07 Å². The summed E-state index contributed by atoms with van der Waals surface area (Å²) in [5.74, 6) is -0.254. The summed E-state index contributed by atoms with van der Waals surface area (Å²) in [7, 11) is 1.46. The molecule has 140 valence electrons. The molecule has 0 saturated carbocycles. The van der Waals surface area contributed by atoms with Gasteiger partial charge in [0.1, 0.15) is 5.69 Å². The van der Waals surface area contributed by atoms with E-state index in [4.69, 9.17) is 4.74 Å². The molecule has 4 rings (SSSR count). The maximum atomic E-state index is 12.4. The lowest BCUT2D eigenvalue weighted by atomic mass is 10.0. The van der Waals surface area contributed by atoms with Gasteiger partial charge in [0.25, 0.3) is 0 Å². The van der Waals surface area contributed by atoms with Crippen LogP contribution in [0.4, 0.5) is 0 Å². The molecule has 0 N–H and O–H groups in total. The molecule has 0 spiro atoms. The van der Waals surface area contributed by atoms with Crippen LogP contribution in [0, 0.1) is 6.92 Å². The van der Waals surface area contributed by atoms with Gasteiger partial charge in [-0.05, 0) is 43.5 Å². The monoisotopic (exact) mass is 362 g/mol. The zero-order chi connectivity index (χ0) is 18.8. The van der Waals surface area contributed by atoms with Crippen molar-refractivity contribution < 1.29 is 9.53 Å². The topological polar surface area (TPSA) is 34.5 Å². The third kappa shape index (κ3) is 3.62. The first-order chi connectivity index (χ1) is 13.2. The third-order valence-corrected chi connectivity index (χ3v) is 5.56. The van der Waals surface area contributed by atoms with Gasteiger partial charge in [0.05, 0.1) is 7.11 Å². The Morgan fingerprint density at radius 3 is 2.52 bits per heavy atom. The largest absolute Gasteiger partial charge is 0.464 e. The Balaban J connectivity index is 1.57. The van der Waals surface area contributed by atoms with Gasteiger partial charge in [0.15, 0.2) is 0 Å². The van der Waals surface area contributed by atoms with E-state index in [0.717, 1.165) is 43.4 Å². The highest BCUT2D eigenvalue weighted by Gasteiger charge is 2.26. The standard InChI is InChI=1S/C23H26N2O2/c1-17-8-9-21-19(14-17)15-22(23(26)27-2)25(21)20-10-12-24(13-11-20)16-18-6-4-3-5-7-18/h3-9,14-15,20H,10-13,16H2,1-2H3. The van der Waals surface area contributed by atoms with Gasteiger partial charge in [-0.25, -0.2) is 4.79 Å². The number of carbonyl (C=O) groups is 1. The maximum absolute atomic E-state index is 12.4. The Morgan fingerprint density at radius 2 is 1.81 bits per heavy atom. The first-order valence-electron chi connectivity index (χ1n) is 9.62. The zero-order valence-corrected chi connectivity index (χ0v) is 16.0. The van der Waals surface area contributed by atoms with E-state index < -0.39 is 0 Å². The number of ether oxygens (including phenoxy) is 1. The van der Waals surface area contributed by atoms with E-state index >= 15 is 0 Å². The summed E-state index contributed by atoms with van der Waals surface area (Å²) >= 11 is 0. The van der Waals surface area contributed by atoms with Crippen molar-refractivity contribution in [3.63, 3.8) is 0 Å². The minimum atomic E-state index is -0.254. The number of piperidine rings is 1. The van der Waals surface area contributed by atoms with Crippen molar-refractivity contribution in [2.45, 2.75) is 32.4 Å². The number of aromatic nitrogens is 1. The molecule has 1 fully saturated rings. The molecule has 0 atom stereocenters. The lowest BCUT2D eigenvalue weighted by molar-refractivity contribution is 0.0582. The highest BCUT2D eigenvalue weighted by atomic mass is 16.5. The number of benzene rings is 2. The second-order valence-corrected chi connectivity index (χ2v) is 7.45. The minimum Gasteiger partial charge on any atom is -0.464 e. The number of fused-ring (bicyclic) bond motifs is 1. The summed E-state index contributed by atoms with van der Waals surface area (Å²) in [6.45, 7) is 5.14. The Labute approximate surface area is 160 Å². The van der Waals surface area contributed by atoms with Crippen molar-refractivity contribution in [3.8, 4) is 0 Å². The quantitative estimate of drug-likeness (QED) is 0.638. The van der Waals surface area contributed by atoms with Gasteiger partial charge in [-0.2, -0.15) is 0 Å². The fraction of sp³-hybridized carbons (Fsp3) is 0.348. The molecule has 4 heteroatoms. The van der Waals surface area contributed by atoms with Gasteiger partial charge in [0.2, 0.25) is 0 Å². The molecule has 2 heterocycles. The van der Waals surface area contributed by atoms with Crippen molar-refractivity contribution >= 4 is 16.9 Å². The molecule has 0 aliphatic carbocycles. The predicted molar refractivity (Wildman–Crippen MR) is 108 cm³/mol. The molecule has 4 nitrogen and oxygen atoms in total. The molecular formula is C23H26N2O2. The van der Waals surface area contributed by atoms with Crippen LogP contribution >= 0.6 is 0 Å². The van der Waals surface area contributed by atoms with E-state index in [0.29, 0.717) is 11.7 Å². The summed E-state index contributed by atoms with van der Waals surface area (Å²) < 4.78 is 7.27. The first-order valence-corrected chi connectivity index (χ1v) is 9.62. The Bertz CT molecular complexity index is 938. The molecule has 0 unspecified atom stereocenters. The molecule has 3 aromatic rings. The Hall–Kier alpha value is -2.59. The molecule has 2 aromatic carbocycles. The van der Waals surface area contributed by atoms with Crippen LogP contribution in [0.3, 0.4) is 0 Å². The number of hydrogen-bond donors (Lipinski definition) is 0. The molecule has 1 saturated heterocycles. The SMILES string of the molecule is COC(=O)c1cc2cc(C)ccc2n1C1CCN(Cc2ccccc2)CC1. The second kappa shape index (κ2) is 7.57. The van der Waals surface area contributed by atoms with Crippen LogP contribution in [0.2, 0.25) is 0 Å². The third-order valence-electron chi connectivity index (χ3n) is 5.56. The first kappa shape index (κ1) is 17.8. The van der Waals surface area contributed by atoms with Crippen molar-refractivity contribution in [2.24, 2.45) is 0 Å². The van der Waals surface area contributed by atoms with Crippen LogP contribution < -0.4 is 0 Å². The average molecular weight is 362 g/mol. The van der Waals surface area contributed by atoms with Crippen LogP contribution in [0.15, 0.2) is 54.6 Å². The molecule has 1 aliphatic rings. The highest BCUT2D eigenvalue weighted by molar-refractivity contribution is 5.96. The van der Waals surface area contributed by atoms with Crippen molar-refractivity contribution in [1.29, 1.82) is 0 Å². The number of likely N-dealkylation sites (tertiary alicyclic amines) is 1. The summed E-state index contributed by atoms with van der Waals surface area (Å²) in [5.41, 5.74) is 4.35. The van der Waals surface area contributed by atoms with Gasteiger partial charge < -0.3 is 9.30 Å². The lowest BCUT2D eigenvalue weighted by Crippen LogP contribution is -2.34. The fourth-order valence-electron chi connectivity index (χ4n) is 4.19. The van der Waals surface area contributed by atoms with Crippen molar-refractivity contribution in [3.05, 3.63) is 71.4 Å². The van der Waals surface area contributed by atoms with E-state index in [2.05, 4.69) is 64.9 Å². The number of carbonyl (C=O) groups excluding carboxylic acids is 1. The van der Waals surface area contributed by atoms with Gasteiger partial charge in [-0.15, -0.1) is 0 Å². The number of nitrogens with zero attached hydrogens (tertiary/aromatic N) is 2. The molecule has 0 bridgehead atoms. The van der Waals surface area contributed by atoms with Crippen LogP contribution in [-0.4, -0.2) is 35.6 Å². The molecular weight excluding hydrogens is 336 g/mol. The zero-order valence-electron chi connectivity index (χ0n) is 16.0. The van der Waals surface area contributed by atoms with Gasteiger partial charge in [0, 0.05) is 36.6 Å². The van der Waals surface area contributed by atoms with E-state index in [-0.39, 0.29) is 5.97 Å². The number of methoxy groups -OCH3 is 1. The summed E-state index contributed by atoms with van der Waals surface area (Å²) in [5, 5.41) is 1.11. The van der Waals surface area contributed by atoms with E-state index in [1.54, 1.807) is 0 Å². The second-order valence-electron chi connectivity index (χ2n) is 7.45. The number of esters is 1. The van der Waals surface area contributed by atoms with Gasteiger partial charge >= 0.3 is 5.97 Å². The smallest absolute Gasteiger partial charge is 0.354 e. The van der Waals surface area contributed by atoms with Crippen LogP contribution in [-0.2, 0) is 11.3 Å². The maximum Gasteiger partial charge on any atom is 0.354 e.